The molecule has 1 aromatic heterocycles. The number of nitrogens with zero attached hydrogens (tertiary/aromatic N) is 2. The topological polar surface area (TPSA) is 46.6 Å². The van der Waals surface area contributed by atoms with E-state index in [0.717, 1.165) is 45.1 Å². The molecular weight excluding hydrogens is 278 g/mol. The van der Waals surface area contributed by atoms with Crippen LogP contribution < -0.4 is 5.32 Å². The lowest BCUT2D eigenvalue weighted by molar-refractivity contribution is 0.0379. The fourth-order valence-electron chi connectivity index (χ4n) is 3.35. The van der Waals surface area contributed by atoms with Crippen LogP contribution in [-0.2, 0) is 16.0 Å². The van der Waals surface area contributed by atoms with Crippen molar-refractivity contribution >= 4 is 0 Å². The number of likely N-dealkylation sites (tertiary alicyclic amines) is 1. The van der Waals surface area contributed by atoms with Crippen LogP contribution in [0.15, 0.2) is 24.4 Å². The van der Waals surface area contributed by atoms with Crippen LogP contribution in [-0.4, -0.2) is 61.0 Å². The van der Waals surface area contributed by atoms with Crippen molar-refractivity contribution in [1.82, 2.24) is 15.2 Å². The van der Waals surface area contributed by atoms with E-state index in [1.165, 1.54) is 12.8 Å². The van der Waals surface area contributed by atoms with Gasteiger partial charge >= 0.3 is 0 Å². The second-order valence-corrected chi connectivity index (χ2v) is 6.18. The average molecular weight is 305 g/mol. The number of rotatable bonds is 6. The molecule has 0 aliphatic carbocycles. The van der Waals surface area contributed by atoms with Gasteiger partial charge in [0.2, 0.25) is 0 Å². The summed E-state index contributed by atoms with van der Waals surface area (Å²) in [6, 6.07) is 7.07. The second-order valence-electron chi connectivity index (χ2n) is 6.18. The van der Waals surface area contributed by atoms with Crippen molar-refractivity contribution in [2.24, 2.45) is 0 Å². The predicted octanol–water partition coefficient (Wildman–Crippen LogP) is 1.44. The van der Waals surface area contributed by atoms with Crippen molar-refractivity contribution in [3.05, 3.63) is 30.1 Å². The van der Waals surface area contributed by atoms with Crippen molar-refractivity contribution in [2.75, 3.05) is 32.9 Å². The largest absolute Gasteiger partial charge is 0.377 e. The monoisotopic (exact) mass is 305 g/mol. The third kappa shape index (κ3) is 4.26. The SMILES string of the molecule is CCO[C@@H]1COC[C@H]1NC1CCN(Cc2ccccn2)CC1. The highest BCUT2D eigenvalue weighted by atomic mass is 16.5. The van der Waals surface area contributed by atoms with Crippen molar-refractivity contribution in [3.63, 3.8) is 0 Å². The Morgan fingerprint density at radius 2 is 2.18 bits per heavy atom. The maximum absolute atomic E-state index is 5.75. The van der Waals surface area contributed by atoms with Crippen LogP contribution in [0.2, 0.25) is 0 Å². The summed E-state index contributed by atoms with van der Waals surface area (Å²) in [4.78, 5) is 6.91. The zero-order valence-corrected chi connectivity index (χ0v) is 13.4. The molecule has 0 bridgehead atoms. The lowest BCUT2D eigenvalue weighted by Crippen LogP contribution is -2.50. The predicted molar refractivity (Wildman–Crippen MR) is 85.7 cm³/mol. The van der Waals surface area contributed by atoms with E-state index in [1.807, 2.05) is 19.2 Å². The molecule has 3 rings (SSSR count). The van der Waals surface area contributed by atoms with Crippen LogP contribution in [0.5, 0.6) is 0 Å². The molecule has 2 aliphatic rings. The zero-order chi connectivity index (χ0) is 15.2. The molecule has 0 spiro atoms. The Balaban J connectivity index is 1.42. The van der Waals surface area contributed by atoms with Gasteiger partial charge in [0.05, 0.1) is 31.1 Å². The van der Waals surface area contributed by atoms with Crippen LogP contribution in [0.4, 0.5) is 0 Å². The Labute approximate surface area is 133 Å². The molecule has 0 radical (unpaired) electrons. The number of ether oxygens (including phenoxy) is 2. The number of hydrogen-bond donors (Lipinski definition) is 1. The van der Waals surface area contributed by atoms with Gasteiger partial charge in [-0.3, -0.25) is 9.88 Å². The molecule has 1 N–H and O–H groups in total. The average Bonchev–Trinajstić information content (AvgIpc) is 2.98. The summed E-state index contributed by atoms with van der Waals surface area (Å²) >= 11 is 0. The number of aromatic nitrogens is 1. The molecule has 0 unspecified atom stereocenters. The van der Waals surface area contributed by atoms with Crippen LogP contribution >= 0.6 is 0 Å². The molecule has 0 saturated carbocycles. The first-order valence-corrected chi connectivity index (χ1v) is 8.43. The Kier molecular flexibility index (Phi) is 5.78. The smallest absolute Gasteiger partial charge is 0.0983 e. The van der Waals surface area contributed by atoms with Gasteiger partial charge < -0.3 is 14.8 Å². The fraction of sp³-hybridized carbons (Fsp3) is 0.706. The third-order valence-corrected chi connectivity index (χ3v) is 4.56. The van der Waals surface area contributed by atoms with E-state index in [2.05, 4.69) is 27.3 Å². The first-order chi connectivity index (χ1) is 10.8. The van der Waals surface area contributed by atoms with E-state index in [4.69, 9.17) is 9.47 Å². The van der Waals surface area contributed by atoms with Gasteiger partial charge in [0.15, 0.2) is 0 Å². The minimum Gasteiger partial charge on any atom is -0.377 e. The highest BCUT2D eigenvalue weighted by molar-refractivity contribution is 5.03. The minimum atomic E-state index is 0.219. The Bertz CT molecular complexity index is 435. The number of piperidine rings is 1. The van der Waals surface area contributed by atoms with Gasteiger partial charge in [-0.05, 0) is 31.9 Å². The molecule has 5 heteroatoms. The molecule has 1 aromatic rings. The third-order valence-electron chi connectivity index (χ3n) is 4.56. The molecule has 3 heterocycles. The van der Waals surface area contributed by atoms with Gasteiger partial charge in [0.1, 0.15) is 0 Å². The number of pyridine rings is 1. The Morgan fingerprint density at radius 3 is 2.91 bits per heavy atom. The fourth-order valence-corrected chi connectivity index (χ4v) is 3.35. The van der Waals surface area contributed by atoms with E-state index in [0.29, 0.717) is 12.1 Å². The highest BCUT2D eigenvalue weighted by Crippen LogP contribution is 2.17. The van der Waals surface area contributed by atoms with Crippen molar-refractivity contribution < 1.29 is 9.47 Å². The molecule has 5 nitrogen and oxygen atoms in total. The van der Waals surface area contributed by atoms with Gasteiger partial charge in [0.25, 0.3) is 0 Å². The van der Waals surface area contributed by atoms with Gasteiger partial charge in [-0.2, -0.15) is 0 Å². The summed E-state index contributed by atoms with van der Waals surface area (Å²) in [5, 5.41) is 3.74. The van der Waals surface area contributed by atoms with E-state index >= 15 is 0 Å². The maximum atomic E-state index is 5.75. The quantitative estimate of drug-likeness (QED) is 0.862. The normalized spacial score (nSPS) is 27.3. The van der Waals surface area contributed by atoms with Gasteiger partial charge in [-0.15, -0.1) is 0 Å². The molecule has 2 saturated heterocycles. The van der Waals surface area contributed by atoms with Crippen molar-refractivity contribution in [1.29, 1.82) is 0 Å². The Morgan fingerprint density at radius 1 is 1.32 bits per heavy atom. The summed E-state index contributed by atoms with van der Waals surface area (Å²) in [6.07, 6.45) is 4.46. The zero-order valence-electron chi connectivity index (χ0n) is 13.4. The highest BCUT2D eigenvalue weighted by Gasteiger charge is 2.31. The molecule has 0 amide bonds. The number of nitrogens with one attached hydrogen (secondary N) is 1. The van der Waals surface area contributed by atoms with Gasteiger partial charge in [-0.25, -0.2) is 0 Å². The molecule has 0 aromatic carbocycles. The summed E-state index contributed by atoms with van der Waals surface area (Å²) in [5.74, 6) is 0. The maximum Gasteiger partial charge on any atom is 0.0983 e. The number of hydrogen-bond acceptors (Lipinski definition) is 5. The summed E-state index contributed by atoms with van der Waals surface area (Å²) in [5.41, 5.74) is 1.16. The molecule has 2 fully saturated rings. The second kappa shape index (κ2) is 8.02. The molecule has 2 atom stereocenters. The molecule has 22 heavy (non-hydrogen) atoms. The molecule has 2 aliphatic heterocycles. The first-order valence-electron chi connectivity index (χ1n) is 8.43. The summed E-state index contributed by atoms with van der Waals surface area (Å²) < 4.78 is 11.3. The summed E-state index contributed by atoms with van der Waals surface area (Å²) in [7, 11) is 0. The van der Waals surface area contributed by atoms with Gasteiger partial charge in [0, 0.05) is 38.5 Å². The van der Waals surface area contributed by atoms with Crippen molar-refractivity contribution in [2.45, 2.75) is 44.5 Å². The van der Waals surface area contributed by atoms with Crippen LogP contribution in [0.1, 0.15) is 25.5 Å². The van der Waals surface area contributed by atoms with Crippen LogP contribution in [0.3, 0.4) is 0 Å². The molecular formula is C17H27N3O2. The van der Waals surface area contributed by atoms with E-state index < -0.39 is 0 Å². The lowest BCUT2D eigenvalue weighted by atomic mass is 10.0. The van der Waals surface area contributed by atoms with E-state index in [9.17, 15) is 0 Å². The van der Waals surface area contributed by atoms with Gasteiger partial charge in [-0.1, -0.05) is 6.07 Å². The van der Waals surface area contributed by atoms with E-state index in [-0.39, 0.29) is 6.10 Å². The summed E-state index contributed by atoms with van der Waals surface area (Å²) in [6.45, 7) is 7.52. The van der Waals surface area contributed by atoms with E-state index in [1.54, 1.807) is 0 Å². The lowest BCUT2D eigenvalue weighted by Gasteiger charge is -2.34. The molecule has 122 valence electrons. The minimum absolute atomic E-state index is 0.219. The van der Waals surface area contributed by atoms with Crippen molar-refractivity contribution in [3.8, 4) is 0 Å². The van der Waals surface area contributed by atoms with Crippen LogP contribution in [0.25, 0.3) is 0 Å². The van der Waals surface area contributed by atoms with Crippen LogP contribution in [0, 0.1) is 0 Å². The first kappa shape index (κ1) is 15.9. The Hall–Kier alpha value is -1.01. The standard InChI is InChI=1S/C17H27N3O2/c1-2-22-17-13-21-12-16(17)19-14-6-9-20(10-7-14)11-15-5-3-4-8-18-15/h3-5,8,14,16-17,19H,2,6-7,9-13H2,1H3/t16-,17-/m1/s1.